The Morgan fingerprint density at radius 1 is 1.53 bits per heavy atom. The number of hydrogen-bond acceptors (Lipinski definition) is 4. The zero-order valence-corrected chi connectivity index (χ0v) is 10.9. The molecule has 0 aliphatic rings. The zero-order chi connectivity index (χ0) is 13.8. The fourth-order valence-corrected chi connectivity index (χ4v) is 1.61. The van der Waals surface area contributed by atoms with Crippen molar-refractivity contribution in [3.8, 4) is 11.5 Å². The number of carbonyl (C=O) groups is 1. The second-order valence-electron chi connectivity index (χ2n) is 4.06. The molecule has 6 nitrogen and oxygen atoms in total. The van der Waals surface area contributed by atoms with E-state index in [4.69, 9.17) is 10.5 Å². The van der Waals surface area contributed by atoms with Crippen LogP contribution in [0.5, 0.6) is 11.5 Å². The van der Waals surface area contributed by atoms with Crippen LogP contribution in [0.2, 0.25) is 0 Å². The van der Waals surface area contributed by atoms with Gasteiger partial charge in [-0.15, -0.1) is 0 Å². The fraction of sp³-hybridized carbons (Fsp3) is 0.231. The van der Waals surface area contributed by atoms with Gasteiger partial charge in [0, 0.05) is 19.2 Å². The van der Waals surface area contributed by atoms with Crippen LogP contribution < -0.4 is 15.8 Å². The van der Waals surface area contributed by atoms with E-state index in [9.17, 15) is 4.79 Å². The standard InChI is InChI=1S/C13H16N4O2/c1-3-15-13(18)9-4-5-11(14)12(6-9)19-10-7-16-17(2)8-10/h4-8H,3,14H2,1-2H3,(H,15,18). The van der Waals surface area contributed by atoms with E-state index in [1.807, 2.05) is 6.92 Å². The summed E-state index contributed by atoms with van der Waals surface area (Å²) in [6.07, 6.45) is 3.30. The summed E-state index contributed by atoms with van der Waals surface area (Å²) >= 11 is 0. The minimum absolute atomic E-state index is 0.154. The Morgan fingerprint density at radius 2 is 2.32 bits per heavy atom. The first kappa shape index (κ1) is 12.9. The van der Waals surface area contributed by atoms with Crippen molar-refractivity contribution in [2.24, 2.45) is 7.05 Å². The highest BCUT2D eigenvalue weighted by molar-refractivity contribution is 5.95. The van der Waals surface area contributed by atoms with Gasteiger partial charge in [0.15, 0.2) is 11.5 Å². The van der Waals surface area contributed by atoms with Gasteiger partial charge in [-0.1, -0.05) is 0 Å². The molecule has 2 aromatic rings. The summed E-state index contributed by atoms with van der Waals surface area (Å²) in [5, 5.41) is 6.73. The molecule has 1 amide bonds. The number of amides is 1. The number of rotatable bonds is 4. The molecule has 0 fully saturated rings. The molecule has 0 radical (unpaired) electrons. The molecule has 2 rings (SSSR count). The molecular weight excluding hydrogens is 244 g/mol. The van der Waals surface area contributed by atoms with Crippen molar-refractivity contribution in [3.63, 3.8) is 0 Å². The lowest BCUT2D eigenvalue weighted by molar-refractivity contribution is 0.0955. The smallest absolute Gasteiger partial charge is 0.251 e. The number of ether oxygens (including phenoxy) is 1. The third-order valence-electron chi connectivity index (χ3n) is 2.52. The lowest BCUT2D eigenvalue weighted by Crippen LogP contribution is -2.22. The maximum atomic E-state index is 11.7. The monoisotopic (exact) mass is 260 g/mol. The summed E-state index contributed by atoms with van der Waals surface area (Å²) in [5.41, 5.74) is 6.81. The third kappa shape index (κ3) is 3.04. The topological polar surface area (TPSA) is 82.2 Å². The van der Waals surface area contributed by atoms with Crippen LogP contribution in [-0.4, -0.2) is 22.2 Å². The molecule has 0 bridgehead atoms. The highest BCUT2D eigenvalue weighted by Crippen LogP contribution is 2.28. The van der Waals surface area contributed by atoms with Crippen molar-refractivity contribution in [2.75, 3.05) is 12.3 Å². The van der Waals surface area contributed by atoms with Crippen LogP contribution >= 0.6 is 0 Å². The molecule has 0 aliphatic carbocycles. The van der Waals surface area contributed by atoms with E-state index in [0.717, 1.165) is 0 Å². The van der Waals surface area contributed by atoms with E-state index in [0.29, 0.717) is 29.3 Å². The Kier molecular flexibility index (Phi) is 3.70. The summed E-state index contributed by atoms with van der Waals surface area (Å²) in [7, 11) is 1.79. The summed E-state index contributed by atoms with van der Waals surface area (Å²) in [4.78, 5) is 11.7. The number of nitrogens with one attached hydrogen (secondary N) is 1. The maximum Gasteiger partial charge on any atom is 0.251 e. The Bertz CT molecular complexity index is 592. The van der Waals surface area contributed by atoms with Gasteiger partial charge in [0.25, 0.3) is 5.91 Å². The Labute approximate surface area is 111 Å². The predicted octanol–water partition coefficient (Wildman–Crippen LogP) is 1.54. The second-order valence-corrected chi connectivity index (χ2v) is 4.06. The average Bonchev–Trinajstić information content (AvgIpc) is 2.78. The van der Waals surface area contributed by atoms with Crippen LogP contribution in [0.4, 0.5) is 5.69 Å². The first-order valence-electron chi connectivity index (χ1n) is 5.94. The number of aryl methyl sites for hydroxylation is 1. The minimum Gasteiger partial charge on any atom is -0.452 e. The van der Waals surface area contributed by atoms with Gasteiger partial charge >= 0.3 is 0 Å². The molecule has 3 N–H and O–H groups in total. The number of hydrogen-bond donors (Lipinski definition) is 2. The molecule has 0 unspecified atom stereocenters. The normalized spacial score (nSPS) is 10.2. The molecule has 0 atom stereocenters. The fourth-order valence-electron chi connectivity index (χ4n) is 1.61. The Morgan fingerprint density at radius 3 is 2.95 bits per heavy atom. The van der Waals surface area contributed by atoms with Gasteiger partial charge < -0.3 is 15.8 Å². The van der Waals surface area contributed by atoms with Gasteiger partial charge in [0.1, 0.15) is 0 Å². The summed E-state index contributed by atoms with van der Waals surface area (Å²) in [6, 6.07) is 4.93. The molecule has 0 saturated heterocycles. The van der Waals surface area contributed by atoms with Gasteiger partial charge in [-0.3, -0.25) is 9.48 Å². The molecule has 100 valence electrons. The molecule has 0 aliphatic heterocycles. The number of nitrogen functional groups attached to an aromatic ring is 1. The summed E-state index contributed by atoms with van der Waals surface area (Å²) < 4.78 is 7.23. The number of nitrogens with two attached hydrogens (primary N) is 1. The van der Waals surface area contributed by atoms with Gasteiger partial charge in [-0.2, -0.15) is 5.10 Å². The number of anilines is 1. The third-order valence-corrected chi connectivity index (χ3v) is 2.52. The zero-order valence-electron chi connectivity index (χ0n) is 10.9. The van der Waals surface area contributed by atoms with Crippen LogP contribution in [0.15, 0.2) is 30.6 Å². The van der Waals surface area contributed by atoms with E-state index in [-0.39, 0.29) is 5.91 Å². The van der Waals surface area contributed by atoms with Crippen molar-refractivity contribution >= 4 is 11.6 Å². The van der Waals surface area contributed by atoms with Crippen LogP contribution in [-0.2, 0) is 7.05 Å². The Hall–Kier alpha value is -2.50. The summed E-state index contributed by atoms with van der Waals surface area (Å²) in [6.45, 7) is 2.43. The minimum atomic E-state index is -0.154. The average molecular weight is 260 g/mol. The van der Waals surface area contributed by atoms with E-state index in [1.54, 1.807) is 42.3 Å². The molecular formula is C13H16N4O2. The lowest BCUT2D eigenvalue weighted by atomic mass is 10.2. The molecule has 0 saturated carbocycles. The number of benzene rings is 1. The number of carbonyl (C=O) groups excluding carboxylic acids is 1. The van der Waals surface area contributed by atoms with Crippen LogP contribution in [0.1, 0.15) is 17.3 Å². The number of aromatic nitrogens is 2. The predicted molar refractivity (Wildman–Crippen MR) is 72.1 cm³/mol. The van der Waals surface area contributed by atoms with Gasteiger partial charge in [0.2, 0.25) is 0 Å². The molecule has 0 spiro atoms. The van der Waals surface area contributed by atoms with Crippen LogP contribution in [0.3, 0.4) is 0 Å². The quantitative estimate of drug-likeness (QED) is 0.817. The van der Waals surface area contributed by atoms with Crippen molar-refractivity contribution < 1.29 is 9.53 Å². The van der Waals surface area contributed by atoms with Crippen molar-refractivity contribution in [1.82, 2.24) is 15.1 Å². The van der Waals surface area contributed by atoms with E-state index < -0.39 is 0 Å². The van der Waals surface area contributed by atoms with E-state index in [1.165, 1.54) is 0 Å². The molecule has 1 aromatic heterocycles. The molecule has 1 aromatic carbocycles. The maximum absolute atomic E-state index is 11.7. The van der Waals surface area contributed by atoms with E-state index >= 15 is 0 Å². The molecule has 19 heavy (non-hydrogen) atoms. The van der Waals surface area contributed by atoms with Crippen LogP contribution in [0, 0.1) is 0 Å². The van der Waals surface area contributed by atoms with Gasteiger partial charge in [-0.05, 0) is 25.1 Å². The second kappa shape index (κ2) is 5.43. The molecule has 1 heterocycles. The largest absolute Gasteiger partial charge is 0.452 e. The van der Waals surface area contributed by atoms with Gasteiger partial charge in [-0.25, -0.2) is 0 Å². The highest BCUT2D eigenvalue weighted by atomic mass is 16.5. The molecule has 6 heteroatoms. The lowest BCUT2D eigenvalue weighted by Gasteiger charge is -2.08. The number of nitrogens with zero attached hydrogens (tertiary/aromatic N) is 2. The first-order valence-corrected chi connectivity index (χ1v) is 5.94. The SMILES string of the molecule is CCNC(=O)c1ccc(N)c(Oc2cnn(C)c2)c1. The van der Waals surface area contributed by atoms with Crippen molar-refractivity contribution in [2.45, 2.75) is 6.92 Å². The van der Waals surface area contributed by atoms with E-state index in [2.05, 4.69) is 10.4 Å². The van der Waals surface area contributed by atoms with Crippen molar-refractivity contribution in [1.29, 1.82) is 0 Å². The highest BCUT2D eigenvalue weighted by Gasteiger charge is 2.09. The van der Waals surface area contributed by atoms with Crippen LogP contribution in [0.25, 0.3) is 0 Å². The first-order chi connectivity index (χ1) is 9.10. The van der Waals surface area contributed by atoms with Gasteiger partial charge in [0.05, 0.1) is 18.1 Å². The van der Waals surface area contributed by atoms with Crippen molar-refractivity contribution in [3.05, 3.63) is 36.2 Å². The Balaban J connectivity index is 2.24. The summed E-state index contributed by atoms with van der Waals surface area (Å²) in [5.74, 6) is 0.859.